The first kappa shape index (κ1) is 18.9. The van der Waals surface area contributed by atoms with Gasteiger partial charge in [0.15, 0.2) is 0 Å². The van der Waals surface area contributed by atoms with Crippen LogP contribution in [0.2, 0.25) is 0 Å². The molecular formula is C17H33N3Pt. The molecule has 0 saturated heterocycles. The van der Waals surface area contributed by atoms with E-state index in [1.54, 1.807) is 0 Å². The van der Waals surface area contributed by atoms with E-state index in [0.29, 0.717) is 6.04 Å². The van der Waals surface area contributed by atoms with E-state index in [-0.39, 0.29) is 0 Å². The molecule has 1 aromatic heterocycles. The van der Waals surface area contributed by atoms with Crippen LogP contribution in [-0.2, 0) is 32.9 Å². The molecular weight excluding hydrogens is 441 g/mol. The summed E-state index contributed by atoms with van der Waals surface area (Å²) in [5.41, 5.74) is 5.63. The smallest absolute Gasteiger partial charge is 0.00388 e. The Hall–Kier alpha value is -0.142. The number of nitrogens with zero attached hydrogens (tertiary/aromatic N) is 2. The van der Waals surface area contributed by atoms with E-state index >= 15 is 0 Å². The zero-order chi connectivity index (χ0) is 15.5. The average molecular weight is 475 g/mol. The van der Waals surface area contributed by atoms with Gasteiger partial charge in [0, 0.05) is 6.04 Å². The first-order valence-electron chi connectivity index (χ1n) is 8.58. The van der Waals surface area contributed by atoms with E-state index in [1.807, 2.05) is 0 Å². The zero-order valence-electron chi connectivity index (χ0n) is 13.8. The Morgan fingerprint density at radius 2 is 1.76 bits per heavy atom. The zero-order valence-corrected chi connectivity index (χ0v) is 16.1. The molecule has 0 unspecified atom stereocenters. The Morgan fingerprint density at radius 3 is 2.24 bits per heavy atom. The summed E-state index contributed by atoms with van der Waals surface area (Å²) in [6, 6.07) is 0.536. The van der Waals surface area contributed by atoms with Gasteiger partial charge in [0.1, 0.15) is 0 Å². The topological polar surface area (TPSA) is 35.9 Å². The molecule has 2 rings (SSSR count). The van der Waals surface area contributed by atoms with Gasteiger partial charge in [0.05, 0.1) is 0 Å². The average Bonchev–Trinajstić information content (AvgIpc) is 2.80. The van der Waals surface area contributed by atoms with E-state index in [1.165, 1.54) is 74.6 Å². The molecule has 0 aromatic carbocycles. The monoisotopic (exact) mass is 474 g/mol. The summed E-state index contributed by atoms with van der Waals surface area (Å²) < 4.78 is 5.81. The van der Waals surface area contributed by atoms with Crippen LogP contribution < -0.4 is 5.73 Å². The Balaban J connectivity index is 0.000000262. The third-order valence-corrected chi connectivity index (χ3v) is 5.57. The number of unbranched alkanes of at least 4 members (excludes halogenated alkanes) is 4. The van der Waals surface area contributed by atoms with Gasteiger partial charge in [0.25, 0.3) is 0 Å². The van der Waals surface area contributed by atoms with E-state index in [9.17, 15) is 0 Å². The van der Waals surface area contributed by atoms with Crippen molar-refractivity contribution in [3.8, 4) is 0 Å². The van der Waals surface area contributed by atoms with Crippen LogP contribution in [0.25, 0.3) is 0 Å². The summed E-state index contributed by atoms with van der Waals surface area (Å²) in [4.78, 5) is 0. The van der Waals surface area contributed by atoms with Gasteiger partial charge in [-0.05, 0) is 12.8 Å². The molecule has 1 saturated carbocycles. The Labute approximate surface area is 141 Å². The number of nitrogens with two attached hydrogens (primary N) is 1. The molecule has 4 heteroatoms. The second-order valence-corrected chi connectivity index (χ2v) is 7.17. The van der Waals surface area contributed by atoms with Crippen LogP contribution in [0.4, 0.5) is 0 Å². The van der Waals surface area contributed by atoms with E-state index in [0.717, 1.165) is 0 Å². The normalized spacial score (nSPS) is 15.7. The Kier molecular flexibility index (Phi) is 10.3. The number of imidazole rings is 1. The van der Waals surface area contributed by atoms with Crippen LogP contribution in [-0.4, -0.2) is 15.2 Å². The SMILES string of the molecule is CCCCCCCn1ccn(C)[c]1=[Pt].NC1CCCCC1. The summed E-state index contributed by atoms with van der Waals surface area (Å²) in [7, 11) is 2.09. The molecule has 0 bridgehead atoms. The van der Waals surface area contributed by atoms with Crippen molar-refractivity contribution in [3.05, 3.63) is 16.2 Å². The van der Waals surface area contributed by atoms with Gasteiger partial charge in [-0.15, -0.1) is 0 Å². The molecule has 1 aliphatic rings. The summed E-state index contributed by atoms with van der Waals surface area (Å²) in [5, 5.41) is 0. The molecule has 0 amide bonds. The molecule has 3 nitrogen and oxygen atoms in total. The van der Waals surface area contributed by atoms with Gasteiger partial charge in [-0.25, -0.2) is 0 Å². The maximum atomic E-state index is 5.63. The summed E-state index contributed by atoms with van der Waals surface area (Å²) in [5.74, 6) is 0. The second kappa shape index (κ2) is 11.4. The van der Waals surface area contributed by atoms with Gasteiger partial charge < -0.3 is 5.73 Å². The van der Waals surface area contributed by atoms with Crippen LogP contribution >= 0.6 is 0 Å². The van der Waals surface area contributed by atoms with Crippen molar-refractivity contribution >= 4 is 0 Å². The fraction of sp³-hybridized carbons (Fsp3) is 0.824. The van der Waals surface area contributed by atoms with Crippen molar-refractivity contribution in [2.45, 2.75) is 83.7 Å². The largest absolute Gasteiger partial charge is 0.328 e. The number of hydrogen-bond acceptors (Lipinski definition) is 1. The molecule has 0 spiro atoms. The van der Waals surface area contributed by atoms with Gasteiger partial charge in [-0.2, -0.15) is 0 Å². The van der Waals surface area contributed by atoms with Crippen molar-refractivity contribution in [2.75, 3.05) is 0 Å². The molecule has 1 heterocycles. The summed E-state index contributed by atoms with van der Waals surface area (Å²) in [6.45, 7) is 3.43. The predicted octanol–water partition coefficient (Wildman–Crippen LogP) is 4.15. The number of aromatic nitrogens is 2. The Morgan fingerprint density at radius 1 is 1.10 bits per heavy atom. The first-order chi connectivity index (χ1) is 10.1. The van der Waals surface area contributed by atoms with Crippen LogP contribution in [0.3, 0.4) is 0 Å². The van der Waals surface area contributed by atoms with Crippen molar-refractivity contribution < 1.29 is 19.4 Å². The second-order valence-electron chi connectivity index (χ2n) is 6.16. The van der Waals surface area contributed by atoms with Crippen molar-refractivity contribution in [1.29, 1.82) is 0 Å². The van der Waals surface area contributed by atoms with Gasteiger partial charge in [0.2, 0.25) is 0 Å². The summed E-state index contributed by atoms with van der Waals surface area (Å²) in [6.07, 6.45) is 17.7. The van der Waals surface area contributed by atoms with E-state index < -0.39 is 0 Å². The standard InChI is InChI=1S/C11H20N2.C6H13N.Pt/c1-3-4-5-6-7-8-13-10-9-12(2)11-13;7-6-4-2-1-3-5-6;/h9-10H,3-8H2,1-2H3;6H,1-5,7H2;. The van der Waals surface area contributed by atoms with Crippen LogP contribution in [0.1, 0.15) is 71.1 Å². The molecule has 1 aliphatic carbocycles. The third-order valence-electron chi connectivity index (χ3n) is 4.11. The fourth-order valence-corrected chi connectivity index (χ4v) is 3.27. The minimum Gasteiger partial charge on any atom is -0.328 e. The fourth-order valence-electron chi connectivity index (χ4n) is 2.68. The van der Waals surface area contributed by atoms with Gasteiger partial charge in [-0.1, -0.05) is 19.3 Å². The number of rotatable bonds is 6. The number of aryl methyl sites for hydroxylation is 2. The molecule has 1 fully saturated rings. The first-order valence-corrected chi connectivity index (χ1v) is 9.71. The number of hydrogen-bond donors (Lipinski definition) is 1. The van der Waals surface area contributed by atoms with Crippen molar-refractivity contribution in [2.24, 2.45) is 12.8 Å². The molecule has 2 N–H and O–H groups in total. The quantitative estimate of drug-likeness (QED) is 0.618. The summed E-state index contributed by atoms with van der Waals surface area (Å²) >= 11 is 2.38. The molecule has 126 valence electrons. The van der Waals surface area contributed by atoms with E-state index in [4.69, 9.17) is 5.73 Å². The van der Waals surface area contributed by atoms with Crippen LogP contribution in [0.15, 0.2) is 12.4 Å². The maximum Gasteiger partial charge on any atom is 0.00388 e. The van der Waals surface area contributed by atoms with Crippen LogP contribution in [0.5, 0.6) is 0 Å². The van der Waals surface area contributed by atoms with Gasteiger partial charge in [-0.3, -0.25) is 0 Å². The third kappa shape index (κ3) is 8.16. The molecule has 0 atom stereocenters. The molecule has 1 aromatic rings. The minimum absolute atomic E-state index is 0.536. The van der Waals surface area contributed by atoms with Crippen molar-refractivity contribution in [3.63, 3.8) is 0 Å². The predicted molar refractivity (Wildman–Crippen MR) is 86.5 cm³/mol. The molecule has 0 aliphatic heterocycles. The van der Waals surface area contributed by atoms with Gasteiger partial charge >= 0.3 is 97.3 Å². The molecule has 21 heavy (non-hydrogen) atoms. The van der Waals surface area contributed by atoms with E-state index in [2.05, 4.69) is 54.9 Å². The van der Waals surface area contributed by atoms with Crippen molar-refractivity contribution in [1.82, 2.24) is 9.13 Å². The minimum atomic E-state index is 0.536. The van der Waals surface area contributed by atoms with Crippen LogP contribution in [0, 0.1) is 3.80 Å². The maximum absolute atomic E-state index is 5.63. The molecule has 0 radical (unpaired) electrons. The Bertz CT molecular complexity index is 416.